The molecule has 0 aliphatic rings. The molecule has 0 bridgehead atoms. The molecule has 0 fully saturated rings. The van der Waals surface area contributed by atoms with E-state index in [0.29, 0.717) is 18.2 Å². The van der Waals surface area contributed by atoms with Gasteiger partial charge in [0.25, 0.3) is 5.91 Å². The fraction of sp³-hybridized carbons (Fsp3) is 0.294. The molecular formula is C17H17ClF3N3O. The number of carbonyl (C=O) groups is 1. The van der Waals surface area contributed by atoms with E-state index in [0.717, 1.165) is 6.07 Å². The van der Waals surface area contributed by atoms with Crippen LogP contribution >= 0.6 is 11.6 Å². The van der Waals surface area contributed by atoms with Gasteiger partial charge in [-0.05, 0) is 36.2 Å². The normalized spacial score (nSPS) is 11.5. The lowest BCUT2D eigenvalue weighted by molar-refractivity contribution is -0.136. The van der Waals surface area contributed by atoms with Crippen LogP contribution in [0.5, 0.6) is 0 Å². The molecule has 0 spiro atoms. The average Bonchev–Trinajstić information content (AvgIpc) is 2.54. The third-order valence-corrected chi connectivity index (χ3v) is 3.47. The van der Waals surface area contributed by atoms with Crippen molar-refractivity contribution in [2.24, 2.45) is 5.92 Å². The SMILES string of the molecule is CC(C)CNC(=O)c1ccc(Nc2ccc(Cl)cc2C(F)(F)F)cn1. The van der Waals surface area contributed by atoms with Gasteiger partial charge in [-0.15, -0.1) is 0 Å². The van der Waals surface area contributed by atoms with Crippen LogP contribution in [0.15, 0.2) is 36.5 Å². The summed E-state index contributed by atoms with van der Waals surface area (Å²) in [6, 6.07) is 6.40. The molecular weight excluding hydrogens is 355 g/mol. The molecule has 25 heavy (non-hydrogen) atoms. The van der Waals surface area contributed by atoms with Crippen molar-refractivity contribution in [3.8, 4) is 0 Å². The molecule has 1 aromatic heterocycles. The van der Waals surface area contributed by atoms with E-state index in [4.69, 9.17) is 11.6 Å². The molecule has 2 rings (SSSR count). The van der Waals surface area contributed by atoms with Crippen LogP contribution in [0.25, 0.3) is 0 Å². The zero-order valence-electron chi connectivity index (χ0n) is 13.6. The highest BCUT2D eigenvalue weighted by molar-refractivity contribution is 6.30. The van der Waals surface area contributed by atoms with Gasteiger partial charge < -0.3 is 10.6 Å². The lowest BCUT2D eigenvalue weighted by atomic mass is 10.1. The molecule has 0 radical (unpaired) electrons. The Hall–Kier alpha value is -2.28. The van der Waals surface area contributed by atoms with Gasteiger partial charge in [0.05, 0.1) is 23.1 Å². The molecule has 0 unspecified atom stereocenters. The first-order chi connectivity index (χ1) is 11.7. The molecule has 134 valence electrons. The minimum Gasteiger partial charge on any atom is -0.354 e. The first kappa shape index (κ1) is 19.1. The van der Waals surface area contributed by atoms with Crippen molar-refractivity contribution in [2.45, 2.75) is 20.0 Å². The van der Waals surface area contributed by atoms with Crippen molar-refractivity contribution in [1.29, 1.82) is 0 Å². The number of pyridine rings is 1. The molecule has 0 aliphatic carbocycles. The van der Waals surface area contributed by atoms with Gasteiger partial charge in [-0.2, -0.15) is 13.2 Å². The number of amides is 1. The summed E-state index contributed by atoms with van der Waals surface area (Å²) in [5, 5.41) is 5.36. The molecule has 1 amide bonds. The van der Waals surface area contributed by atoms with Crippen molar-refractivity contribution in [2.75, 3.05) is 11.9 Å². The quantitative estimate of drug-likeness (QED) is 0.787. The molecule has 2 aromatic rings. The van der Waals surface area contributed by atoms with E-state index < -0.39 is 11.7 Å². The van der Waals surface area contributed by atoms with Gasteiger partial charge in [0.2, 0.25) is 0 Å². The first-order valence-electron chi connectivity index (χ1n) is 7.55. The van der Waals surface area contributed by atoms with Gasteiger partial charge in [0.15, 0.2) is 0 Å². The molecule has 1 heterocycles. The van der Waals surface area contributed by atoms with Gasteiger partial charge in [-0.25, -0.2) is 4.98 Å². The number of rotatable bonds is 5. The van der Waals surface area contributed by atoms with Crippen molar-refractivity contribution in [3.63, 3.8) is 0 Å². The van der Waals surface area contributed by atoms with E-state index in [1.807, 2.05) is 13.8 Å². The number of benzene rings is 1. The Labute approximate surface area is 148 Å². The topological polar surface area (TPSA) is 54.0 Å². The average molecular weight is 372 g/mol. The maximum Gasteiger partial charge on any atom is 0.418 e. The summed E-state index contributed by atoms with van der Waals surface area (Å²) in [5.74, 6) is -0.0293. The fourth-order valence-electron chi connectivity index (χ4n) is 2.01. The monoisotopic (exact) mass is 371 g/mol. The largest absolute Gasteiger partial charge is 0.418 e. The number of nitrogens with one attached hydrogen (secondary N) is 2. The Morgan fingerprint density at radius 2 is 1.96 bits per heavy atom. The number of carbonyl (C=O) groups excluding carboxylic acids is 1. The van der Waals surface area contributed by atoms with Crippen molar-refractivity contribution >= 4 is 28.9 Å². The summed E-state index contributed by atoms with van der Waals surface area (Å²) in [6.07, 6.45) is -3.24. The Bertz CT molecular complexity index is 746. The van der Waals surface area contributed by atoms with Gasteiger partial charge in [-0.1, -0.05) is 25.4 Å². The number of alkyl halides is 3. The smallest absolute Gasteiger partial charge is 0.354 e. The summed E-state index contributed by atoms with van der Waals surface area (Å²) in [5.41, 5.74) is -0.499. The van der Waals surface area contributed by atoms with Crippen LogP contribution in [0.2, 0.25) is 5.02 Å². The van der Waals surface area contributed by atoms with Crippen molar-refractivity contribution in [3.05, 3.63) is 52.8 Å². The summed E-state index contributed by atoms with van der Waals surface area (Å²) in [4.78, 5) is 15.9. The number of hydrogen-bond acceptors (Lipinski definition) is 3. The molecule has 0 atom stereocenters. The Morgan fingerprint density at radius 1 is 1.24 bits per heavy atom. The minimum atomic E-state index is -4.54. The highest BCUT2D eigenvalue weighted by Crippen LogP contribution is 2.37. The summed E-state index contributed by atoms with van der Waals surface area (Å²) in [6.45, 7) is 4.44. The van der Waals surface area contributed by atoms with E-state index in [9.17, 15) is 18.0 Å². The van der Waals surface area contributed by atoms with Gasteiger partial charge in [-0.3, -0.25) is 4.79 Å². The molecule has 0 saturated heterocycles. The number of halogens is 4. The number of hydrogen-bond donors (Lipinski definition) is 2. The highest BCUT2D eigenvalue weighted by atomic mass is 35.5. The zero-order chi connectivity index (χ0) is 18.6. The van der Waals surface area contributed by atoms with Crippen molar-refractivity contribution < 1.29 is 18.0 Å². The molecule has 4 nitrogen and oxygen atoms in total. The van der Waals surface area contributed by atoms with E-state index in [1.54, 1.807) is 0 Å². The van der Waals surface area contributed by atoms with Crippen LogP contribution in [0.4, 0.5) is 24.5 Å². The third kappa shape index (κ3) is 5.35. The molecule has 1 aromatic carbocycles. The van der Waals surface area contributed by atoms with Crippen LogP contribution < -0.4 is 10.6 Å². The van der Waals surface area contributed by atoms with E-state index >= 15 is 0 Å². The predicted molar refractivity (Wildman–Crippen MR) is 91.1 cm³/mol. The Balaban J connectivity index is 2.16. The van der Waals surface area contributed by atoms with E-state index in [1.165, 1.54) is 30.5 Å². The highest BCUT2D eigenvalue weighted by Gasteiger charge is 2.33. The summed E-state index contributed by atoms with van der Waals surface area (Å²) < 4.78 is 39.3. The second kappa shape index (κ2) is 7.74. The van der Waals surface area contributed by atoms with Gasteiger partial charge in [0.1, 0.15) is 5.69 Å². The van der Waals surface area contributed by atoms with Crippen molar-refractivity contribution in [1.82, 2.24) is 10.3 Å². The molecule has 2 N–H and O–H groups in total. The van der Waals surface area contributed by atoms with E-state index in [2.05, 4.69) is 15.6 Å². The first-order valence-corrected chi connectivity index (χ1v) is 7.92. The van der Waals surface area contributed by atoms with Gasteiger partial charge in [0, 0.05) is 11.6 Å². The minimum absolute atomic E-state index is 0.00632. The maximum absolute atomic E-state index is 13.1. The molecule has 0 aliphatic heterocycles. The lowest BCUT2D eigenvalue weighted by Gasteiger charge is -2.15. The van der Waals surface area contributed by atoms with Gasteiger partial charge >= 0.3 is 6.18 Å². The zero-order valence-corrected chi connectivity index (χ0v) is 14.4. The Morgan fingerprint density at radius 3 is 2.52 bits per heavy atom. The number of nitrogens with zero attached hydrogens (tertiary/aromatic N) is 1. The molecule has 8 heteroatoms. The Kier molecular flexibility index (Phi) is 5.89. The fourth-order valence-corrected chi connectivity index (χ4v) is 2.18. The van der Waals surface area contributed by atoms with Crippen LogP contribution in [-0.4, -0.2) is 17.4 Å². The third-order valence-electron chi connectivity index (χ3n) is 3.23. The summed E-state index contributed by atoms with van der Waals surface area (Å²) in [7, 11) is 0. The van der Waals surface area contributed by atoms with Crippen LogP contribution in [-0.2, 0) is 6.18 Å². The van der Waals surface area contributed by atoms with Crippen LogP contribution in [0.1, 0.15) is 29.9 Å². The molecule has 0 saturated carbocycles. The van der Waals surface area contributed by atoms with Crippen LogP contribution in [0, 0.1) is 5.92 Å². The second-order valence-electron chi connectivity index (χ2n) is 5.85. The van der Waals surface area contributed by atoms with E-state index in [-0.39, 0.29) is 22.3 Å². The number of aromatic nitrogens is 1. The lowest BCUT2D eigenvalue weighted by Crippen LogP contribution is -2.27. The summed E-state index contributed by atoms with van der Waals surface area (Å²) >= 11 is 5.65. The standard InChI is InChI=1S/C17H17ClF3N3O/c1-10(2)8-23-16(25)15-6-4-12(9-22-15)24-14-5-3-11(18)7-13(14)17(19,20)21/h3-7,9-10,24H,8H2,1-2H3,(H,23,25). The predicted octanol–water partition coefficient (Wildman–Crippen LogP) is 4.88. The second-order valence-corrected chi connectivity index (χ2v) is 6.29. The van der Waals surface area contributed by atoms with Crippen LogP contribution in [0.3, 0.4) is 0 Å². The maximum atomic E-state index is 13.1. The number of anilines is 2.